The predicted octanol–water partition coefficient (Wildman–Crippen LogP) is 1.33. The third kappa shape index (κ3) is 4.69. The zero-order valence-electron chi connectivity index (χ0n) is 18.9. The second-order valence-electron chi connectivity index (χ2n) is 8.68. The van der Waals surface area contributed by atoms with E-state index < -0.39 is 53.4 Å². The summed E-state index contributed by atoms with van der Waals surface area (Å²) < 4.78 is 27.5. The van der Waals surface area contributed by atoms with Crippen molar-refractivity contribution in [3.63, 3.8) is 0 Å². The lowest BCUT2D eigenvalue weighted by molar-refractivity contribution is -0.169. The molecule has 1 aliphatic carbocycles. The van der Waals surface area contributed by atoms with Crippen molar-refractivity contribution in [2.75, 3.05) is 6.61 Å². The Morgan fingerprint density at radius 3 is 2.41 bits per heavy atom. The smallest absolute Gasteiger partial charge is 0.338 e. The second kappa shape index (κ2) is 8.65. The summed E-state index contributed by atoms with van der Waals surface area (Å²) in [6.45, 7) is 6.84. The van der Waals surface area contributed by atoms with Crippen LogP contribution in [0.2, 0.25) is 0 Å². The Morgan fingerprint density at radius 2 is 1.81 bits per heavy atom. The summed E-state index contributed by atoms with van der Waals surface area (Å²) in [7, 11) is 0. The summed E-state index contributed by atoms with van der Waals surface area (Å²) >= 11 is 0. The highest BCUT2D eigenvalue weighted by Gasteiger charge is 2.63. The molecule has 5 atom stereocenters. The van der Waals surface area contributed by atoms with E-state index in [1.807, 2.05) is 0 Å². The molecule has 10 heteroatoms. The number of carbonyl (C=O) groups is 5. The Balaban J connectivity index is 2.12. The number of esters is 4. The highest BCUT2D eigenvalue weighted by Crippen LogP contribution is 2.50. The van der Waals surface area contributed by atoms with Crippen LogP contribution in [0.25, 0.3) is 0 Å². The maximum absolute atomic E-state index is 13.1. The number of ketones is 1. The van der Waals surface area contributed by atoms with Crippen molar-refractivity contribution < 1.29 is 47.7 Å². The van der Waals surface area contributed by atoms with Crippen molar-refractivity contribution in [3.05, 3.63) is 11.1 Å². The van der Waals surface area contributed by atoms with E-state index in [0.29, 0.717) is 6.42 Å². The topological polar surface area (TPSA) is 135 Å². The van der Waals surface area contributed by atoms with Gasteiger partial charge in [0.25, 0.3) is 0 Å². The van der Waals surface area contributed by atoms with E-state index in [2.05, 4.69) is 0 Å². The van der Waals surface area contributed by atoms with Gasteiger partial charge >= 0.3 is 23.9 Å². The Kier molecular flexibility index (Phi) is 6.46. The van der Waals surface area contributed by atoms with Crippen molar-refractivity contribution >= 4 is 29.7 Å². The number of carbonyl (C=O) groups excluding carboxylic acids is 5. The van der Waals surface area contributed by atoms with E-state index in [0.717, 1.165) is 0 Å². The lowest BCUT2D eigenvalue weighted by Crippen LogP contribution is -2.47. The number of rotatable bonds is 5. The van der Waals surface area contributed by atoms with Crippen LogP contribution in [0.3, 0.4) is 0 Å². The normalized spacial score (nSPS) is 34.1. The summed E-state index contributed by atoms with van der Waals surface area (Å²) in [5.41, 5.74) is -2.08. The molecule has 0 aromatic heterocycles. The number of fused-ring (bicyclic) bond motifs is 3. The molecule has 32 heavy (non-hydrogen) atoms. The number of ether oxygens (including phenoxy) is 5. The zero-order chi connectivity index (χ0) is 23.8. The van der Waals surface area contributed by atoms with E-state index in [-0.39, 0.29) is 42.8 Å². The largest absolute Gasteiger partial charge is 0.461 e. The Bertz CT molecular complexity index is 889. The van der Waals surface area contributed by atoms with E-state index in [4.69, 9.17) is 23.7 Å². The second-order valence-corrected chi connectivity index (χ2v) is 8.68. The van der Waals surface area contributed by atoms with Gasteiger partial charge in [-0.05, 0) is 20.3 Å². The van der Waals surface area contributed by atoms with Crippen molar-refractivity contribution in [1.29, 1.82) is 0 Å². The van der Waals surface area contributed by atoms with Gasteiger partial charge in [0.1, 0.15) is 18.8 Å². The molecule has 1 saturated carbocycles. The van der Waals surface area contributed by atoms with Gasteiger partial charge in [0.2, 0.25) is 0 Å². The molecule has 0 aromatic rings. The Hall–Kier alpha value is -2.75. The van der Waals surface area contributed by atoms with E-state index in [1.165, 1.54) is 20.8 Å². The molecule has 0 N–H and O–H groups in total. The Labute approximate surface area is 185 Å². The average Bonchev–Trinajstić information content (AvgIpc) is 3.25. The molecule has 0 bridgehead atoms. The number of Topliss-reactive ketones (excluding diaryl/α,β-unsaturated/α-hetero) is 1. The minimum Gasteiger partial charge on any atom is -0.461 e. The van der Waals surface area contributed by atoms with Gasteiger partial charge in [-0.2, -0.15) is 0 Å². The van der Waals surface area contributed by atoms with Gasteiger partial charge in [0.15, 0.2) is 17.5 Å². The van der Waals surface area contributed by atoms with Crippen molar-refractivity contribution in [3.8, 4) is 0 Å². The molecule has 3 rings (SSSR count). The molecule has 2 heterocycles. The highest BCUT2D eigenvalue weighted by molar-refractivity contribution is 5.94. The first kappa shape index (κ1) is 23.9. The van der Waals surface area contributed by atoms with Crippen LogP contribution in [0.5, 0.6) is 0 Å². The first-order valence-electron chi connectivity index (χ1n) is 10.6. The summed E-state index contributed by atoms with van der Waals surface area (Å²) in [6.07, 6.45) is -2.36. The summed E-state index contributed by atoms with van der Waals surface area (Å²) in [5.74, 6) is -2.94. The molecule has 0 unspecified atom stereocenters. The van der Waals surface area contributed by atoms with Crippen LogP contribution in [-0.4, -0.2) is 65.8 Å². The van der Waals surface area contributed by atoms with Gasteiger partial charge in [-0.1, -0.05) is 6.92 Å². The lowest BCUT2D eigenvalue weighted by atomic mass is 9.80. The summed E-state index contributed by atoms with van der Waals surface area (Å²) in [6, 6.07) is 0. The van der Waals surface area contributed by atoms with Gasteiger partial charge in [-0.15, -0.1) is 0 Å². The van der Waals surface area contributed by atoms with Crippen LogP contribution in [-0.2, 0) is 47.7 Å². The lowest BCUT2D eigenvalue weighted by Gasteiger charge is -2.34. The van der Waals surface area contributed by atoms with Crippen LogP contribution in [0.1, 0.15) is 60.3 Å². The molecule has 0 amide bonds. The van der Waals surface area contributed by atoms with Gasteiger partial charge < -0.3 is 23.7 Å². The molecular formula is C22H28O10. The first-order valence-corrected chi connectivity index (χ1v) is 10.6. The fourth-order valence-corrected chi connectivity index (χ4v) is 4.26. The Morgan fingerprint density at radius 1 is 1.12 bits per heavy atom. The molecule has 3 aliphatic rings. The maximum atomic E-state index is 13.1. The van der Waals surface area contributed by atoms with Crippen LogP contribution in [0.15, 0.2) is 11.1 Å². The summed E-state index contributed by atoms with van der Waals surface area (Å²) in [5, 5.41) is 0. The zero-order valence-corrected chi connectivity index (χ0v) is 18.9. The predicted molar refractivity (Wildman–Crippen MR) is 106 cm³/mol. The standard InChI is InChI=1S/C22H28O10/c1-6-16(26)29-14-9-22(5,31-12(3)24)15(25)7-8-21(4)19(32-21)18-17(14)13(20(27)30-18)10-28-11(2)23/h14,18-19H,6-10H2,1-5H3/t14-,18-,19+,21+,22+/m0/s1. The quantitative estimate of drug-likeness (QED) is 0.341. The third-order valence-corrected chi connectivity index (χ3v) is 6.06. The van der Waals surface area contributed by atoms with Crippen LogP contribution >= 0.6 is 0 Å². The van der Waals surface area contributed by atoms with Crippen LogP contribution in [0, 0.1) is 0 Å². The number of epoxide rings is 1. The van der Waals surface area contributed by atoms with Gasteiger partial charge in [-0.3, -0.25) is 19.2 Å². The van der Waals surface area contributed by atoms with Crippen molar-refractivity contribution in [1.82, 2.24) is 0 Å². The van der Waals surface area contributed by atoms with E-state index in [9.17, 15) is 24.0 Å². The van der Waals surface area contributed by atoms with Gasteiger partial charge in [-0.25, -0.2) is 4.79 Å². The first-order chi connectivity index (χ1) is 14.9. The molecule has 176 valence electrons. The maximum Gasteiger partial charge on any atom is 0.338 e. The van der Waals surface area contributed by atoms with Crippen molar-refractivity contribution in [2.24, 2.45) is 0 Å². The van der Waals surface area contributed by atoms with Crippen LogP contribution < -0.4 is 0 Å². The van der Waals surface area contributed by atoms with Crippen LogP contribution in [0.4, 0.5) is 0 Å². The monoisotopic (exact) mass is 452 g/mol. The number of hydrogen-bond donors (Lipinski definition) is 0. The highest BCUT2D eigenvalue weighted by atomic mass is 16.7. The molecular weight excluding hydrogens is 424 g/mol. The van der Waals surface area contributed by atoms with Gasteiger partial charge in [0.05, 0.1) is 11.2 Å². The molecule has 10 nitrogen and oxygen atoms in total. The fourth-order valence-electron chi connectivity index (χ4n) is 4.26. The third-order valence-electron chi connectivity index (χ3n) is 6.06. The van der Waals surface area contributed by atoms with E-state index in [1.54, 1.807) is 13.8 Å². The van der Waals surface area contributed by atoms with E-state index >= 15 is 0 Å². The molecule has 2 fully saturated rings. The molecule has 0 spiro atoms. The molecule has 0 radical (unpaired) electrons. The van der Waals surface area contributed by atoms with Crippen molar-refractivity contribution in [2.45, 2.75) is 89.8 Å². The minimum atomic E-state index is -1.61. The molecule has 0 aromatic carbocycles. The minimum absolute atomic E-state index is 0.0233. The fraction of sp³-hybridized carbons (Fsp3) is 0.682. The summed E-state index contributed by atoms with van der Waals surface area (Å²) in [4.78, 5) is 61.2. The van der Waals surface area contributed by atoms with Gasteiger partial charge in [0, 0.05) is 38.7 Å². The number of hydrogen-bond acceptors (Lipinski definition) is 10. The molecule has 1 saturated heterocycles. The molecule has 2 aliphatic heterocycles. The SMILES string of the molecule is CCC(=O)O[C@H]1C[C@@](C)(OC(C)=O)C(=O)CC[C@@]2(C)O[C@@H]2[C@H]2OC(=O)C(COC(C)=O)=C12. The average molecular weight is 452 g/mol.